The van der Waals surface area contributed by atoms with E-state index in [1.807, 2.05) is 0 Å². The molecular weight excluding hydrogens is 486 g/mol. The number of anilines is 2. The lowest BCUT2D eigenvalue weighted by Crippen LogP contribution is -2.35. The van der Waals surface area contributed by atoms with Crippen LogP contribution in [0.4, 0.5) is 11.4 Å². The van der Waals surface area contributed by atoms with E-state index in [-0.39, 0.29) is 0 Å². The van der Waals surface area contributed by atoms with Gasteiger partial charge < -0.3 is 9.32 Å². The highest BCUT2D eigenvalue weighted by atomic mass is 16.3. The number of furan rings is 1. The second kappa shape index (κ2) is 9.43. The molecule has 1 aromatic heterocycles. The van der Waals surface area contributed by atoms with Crippen LogP contribution in [0.5, 0.6) is 0 Å². The van der Waals surface area contributed by atoms with Gasteiger partial charge in [-0.2, -0.15) is 0 Å². The topological polar surface area (TPSA) is 16.4 Å². The molecule has 2 aliphatic carbocycles. The molecule has 0 fully saturated rings. The standard InChI is InChI=1S/C38H29NO/c1-2-14-29(15-3-1)39(34-19-10-13-26-11-4-6-16-30(26)34)35-24-22-27-12-5-7-17-31(27)38(35)28-21-23-33-32-18-8-9-20-36(32)40-37(33)25-28/h1-7,9,11-17,20-25H,8,10,18-19H2. The van der Waals surface area contributed by atoms with Gasteiger partial charge in [-0.3, -0.25) is 0 Å². The summed E-state index contributed by atoms with van der Waals surface area (Å²) in [6.07, 6.45) is 10.8. The van der Waals surface area contributed by atoms with Gasteiger partial charge in [0.25, 0.3) is 0 Å². The van der Waals surface area contributed by atoms with Gasteiger partial charge in [0.15, 0.2) is 0 Å². The molecule has 8 rings (SSSR count). The maximum atomic E-state index is 6.40. The van der Waals surface area contributed by atoms with Crippen LogP contribution in [0.15, 0.2) is 120 Å². The number of rotatable bonds is 4. The monoisotopic (exact) mass is 515 g/mol. The third-order valence-electron chi connectivity index (χ3n) is 8.39. The number of hydrogen-bond donors (Lipinski definition) is 0. The van der Waals surface area contributed by atoms with Crippen LogP contribution in [0.25, 0.3) is 50.7 Å². The first-order valence-corrected chi connectivity index (χ1v) is 14.2. The lowest BCUT2D eigenvalue weighted by molar-refractivity contribution is 0.595. The quantitative estimate of drug-likeness (QED) is 0.233. The first-order valence-electron chi connectivity index (χ1n) is 14.2. The zero-order chi connectivity index (χ0) is 26.5. The molecular formula is C38H29NO. The fourth-order valence-electron chi connectivity index (χ4n) is 6.57. The first-order chi connectivity index (χ1) is 19.8. The van der Waals surface area contributed by atoms with Crippen LogP contribution in [0.3, 0.4) is 0 Å². The number of aryl methyl sites for hydroxylation is 1. The largest absolute Gasteiger partial charge is 0.456 e. The molecule has 5 aromatic carbocycles. The molecule has 0 aliphatic heterocycles. The molecule has 0 unspecified atom stereocenters. The van der Waals surface area contributed by atoms with E-state index in [9.17, 15) is 0 Å². The molecule has 2 aliphatic rings. The Labute approximate surface area is 233 Å². The highest BCUT2D eigenvalue weighted by Gasteiger charge is 2.23. The maximum Gasteiger partial charge on any atom is 0.135 e. The van der Waals surface area contributed by atoms with Crippen LogP contribution in [0, 0.1) is 0 Å². The summed E-state index contributed by atoms with van der Waals surface area (Å²) < 4.78 is 6.40. The zero-order valence-electron chi connectivity index (χ0n) is 22.3. The van der Waals surface area contributed by atoms with Gasteiger partial charge in [0.1, 0.15) is 11.3 Å². The minimum atomic E-state index is 0.962. The molecule has 0 saturated carbocycles. The number of nitrogens with zero attached hydrogens (tertiary/aromatic N) is 1. The molecule has 2 heteroatoms. The molecule has 0 amide bonds. The summed E-state index contributed by atoms with van der Waals surface area (Å²) in [5.74, 6) is 1.01. The van der Waals surface area contributed by atoms with Gasteiger partial charge in [0, 0.05) is 33.1 Å². The average molecular weight is 516 g/mol. The summed E-state index contributed by atoms with van der Waals surface area (Å²) in [4.78, 5) is 2.49. The Balaban J connectivity index is 1.44. The first kappa shape index (κ1) is 23.1. The lowest BCUT2D eigenvalue weighted by atomic mass is 9.93. The van der Waals surface area contributed by atoms with Crippen LogP contribution < -0.4 is 15.3 Å². The van der Waals surface area contributed by atoms with Crippen molar-refractivity contribution in [3.63, 3.8) is 0 Å². The highest BCUT2D eigenvalue weighted by Crippen LogP contribution is 2.44. The summed E-state index contributed by atoms with van der Waals surface area (Å²) in [7, 11) is 0. The minimum Gasteiger partial charge on any atom is -0.456 e. The number of hydrogen-bond acceptors (Lipinski definition) is 2. The van der Waals surface area contributed by atoms with Gasteiger partial charge >= 0.3 is 0 Å². The van der Waals surface area contributed by atoms with Gasteiger partial charge in [0.05, 0.1) is 5.69 Å². The average Bonchev–Trinajstić information content (AvgIpc) is 3.39. The van der Waals surface area contributed by atoms with E-state index >= 15 is 0 Å². The van der Waals surface area contributed by atoms with E-state index < -0.39 is 0 Å². The molecule has 6 aromatic rings. The molecule has 2 nitrogen and oxygen atoms in total. The van der Waals surface area contributed by atoms with Gasteiger partial charge in [-0.1, -0.05) is 97.1 Å². The van der Waals surface area contributed by atoms with Crippen LogP contribution >= 0.6 is 0 Å². The Kier molecular flexibility index (Phi) is 5.44. The van der Waals surface area contributed by atoms with Gasteiger partial charge in [0.2, 0.25) is 0 Å². The van der Waals surface area contributed by atoms with Crippen molar-refractivity contribution in [1.82, 2.24) is 0 Å². The molecule has 192 valence electrons. The third-order valence-corrected chi connectivity index (χ3v) is 8.39. The van der Waals surface area contributed by atoms with Crippen molar-refractivity contribution in [2.75, 3.05) is 4.90 Å². The predicted octanol–water partition coefficient (Wildman–Crippen LogP) is 8.73. The maximum absolute atomic E-state index is 6.40. The van der Waals surface area contributed by atoms with Crippen LogP contribution in [-0.4, -0.2) is 0 Å². The molecule has 0 saturated heterocycles. The Bertz CT molecular complexity index is 2060. The van der Waals surface area contributed by atoms with E-state index in [0.29, 0.717) is 0 Å². The molecule has 1 heterocycles. The molecule has 0 atom stereocenters. The molecule has 0 N–H and O–H groups in total. The van der Waals surface area contributed by atoms with E-state index in [1.165, 1.54) is 60.4 Å². The number of benzene rings is 5. The van der Waals surface area contributed by atoms with Crippen molar-refractivity contribution in [3.8, 4) is 11.1 Å². The van der Waals surface area contributed by atoms with Crippen molar-refractivity contribution in [2.45, 2.75) is 25.7 Å². The second-order valence-electron chi connectivity index (χ2n) is 10.7. The Hall–Kier alpha value is -4.82. The summed E-state index contributed by atoms with van der Waals surface area (Å²) in [5.41, 5.74) is 8.39. The summed E-state index contributed by atoms with van der Waals surface area (Å²) >= 11 is 0. The fraction of sp³-hybridized carbons (Fsp3) is 0.105. The Morgan fingerprint density at radius 2 is 1.52 bits per heavy atom. The lowest BCUT2D eigenvalue weighted by Gasteiger charge is -2.32. The Morgan fingerprint density at radius 1 is 0.675 bits per heavy atom. The van der Waals surface area contributed by atoms with Crippen LogP contribution in [-0.2, 0) is 6.42 Å². The van der Waals surface area contributed by atoms with Gasteiger partial charge in [-0.05, 0) is 77.6 Å². The SMILES string of the molecule is C1=Cc2oc3cc(-c4c(N(C5=c6ccccc6=CCC5)c5ccccc5)ccc5ccccc45)ccc3c2CC1. The molecule has 0 bridgehead atoms. The number of allylic oxidation sites excluding steroid dienone is 1. The van der Waals surface area contributed by atoms with Crippen molar-refractivity contribution in [2.24, 2.45) is 0 Å². The predicted molar refractivity (Wildman–Crippen MR) is 168 cm³/mol. The van der Waals surface area contributed by atoms with Crippen molar-refractivity contribution < 1.29 is 4.42 Å². The van der Waals surface area contributed by atoms with E-state index in [1.54, 1.807) is 0 Å². The van der Waals surface area contributed by atoms with E-state index in [2.05, 4.69) is 132 Å². The van der Waals surface area contributed by atoms with Crippen molar-refractivity contribution in [3.05, 3.63) is 137 Å². The summed E-state index contributed by atoms with van der Waals surface area (Å²) in [6.45, 7) is 0. The summed E-state index contributed by atoms with van der Waals surface area (Å²) in [5, 5.41) is 6.32. The van der Waals surface area contributed by atoms with Crippen molar-refractivity contribution >= 4 is 51.0 Å². The smallest absolute Gasteiger partial charge is 0.135 e. The van der Waals surface area contributed by atoms with Gasteiger partial charge in [-0.15, -0.1) is 0 Å². The van der Waals surface area contributed by atoms with Crippen LogP contribution in [0.2, 0.25) is 0 Å². The number of fused-ring (bicyclic) bond motifs is 5. The molecule has 40 heavy (non-hydrogen) atoms. The Morgan fingerprint density at radius 3 is 2.48 bits per heavy atom. The summed E-state index contributed by atoms with van der Waals surface area (Å²) in [6, 6.07) is 39.7. The van der Waals surface area contributed by atoms with Crippen molar-refractivity contribution in [1.29, 1.82) is 0 Å². The minimum absolute atomic E-state index is 0.962. The molecule has 0 spiro atoms. The van der Waals surface area contributed by atoms with Crippen LogP contribution in [0.1, 0.15) is 30.6 Å². The highest BCUT2D eigenvalue weighted by molar-refractivity contribution is 6.07. The molecule has 0 radical (unpaired) electrons. The zero-order valence-corrected chi connectivity index (χ0v) is 22.3. The third kappa shape index (κ3) is 3.71. The normalized spacial score (nSPS) is 14.2. The van der Waals surface area contributed by atoms with E-state index in [0.717, 1.165) is 37.0 Å². The van der Waals surface area contributed by atoms with Gasteiger partial charge in [-0.25, -0.2) is 0 Å². The second-order valence-corrected chi connectivity index (χ2v) is 10.7. The van der Waals surface area contributed by atoms with E-state index in [4.69, 9.17) is 4.42 Å². The fourth-order valence-corrected chi connectivity index (χ4v) is 6.57. The number of para-hydroxylation sites is 1.